The number of amides is 1. The molecule has 1 unspecified atom stereocenters. The summed E-state index contributed by atoms with van der Waals surface area (Å²) in [6.07, 6.45) is 2.88. The third-order valence-electron chi connectivity index (χ3n) is 5.27. The van der Waals surface area contributed by atoms with Gasteiger partial charge in [-0.15, -0.1) is 0 Å². The van der Waals surface area contributed by atoms with Crippen LogP contribution in [0.3, 0.4) is 0 Å². The van der Waals surface area contributed by atoms with Crippen molar-refractivity contribution in [3.05, 3.63) is 93.7 Å². The lowest BCUT2D eigenvalue weighted by Gasteiger charge is -2.24. The SMILES string of the molecule is COC(=O)c1sc(N2C(=O)C(O)=C(C(=O)/C=C/c3ccccc3)C2c2ccc(O)cc2)nc1C. The molecule has 3 aromatic rings. The maximum Gasteiger partial charge on any atom is 0.350 e. The number of aromatic hydroxyl groups is 1. The number of esters is 1. The number of aliphatic hydroxyl groups is 1. The summed E-state index contributed by atoms with van der Waals surface area (Å²) >= 11 is 0.924. The van der Waals surface area contributed by atoms with E-state index in [-0.39, 0.29) is 21.3 Å². The number of hydrogen-bond acceptors (Lipinski definition) is 8. The molecule has 4 rings (SSSR count). The van der Waals surface area contributed by atoms with Gasteiger partial charge in [0.25, 0.3) is 5.91 Å². The lowest BCUT2D eigenvalue weighted by atomic mass is 9.95. The first-order valence-corrected chi connectivity index (χ1v) is 11.0. The molecule has 0 saturated heterocycles. The van der Waals surface area contributed by atoms with Crippen molar-refractivity contribution < 1.29 is 29.3 Å². The molecular formula is C25H20N2O6S. The van der Waals surface area contributed by atoms with E-state index < -0.39 is 29.5 Å². The Kier molecular flexibility index (Phi) is 6.29. The average Bonchev–Trinajstić information content (AvgIpc) is 3.35. The molecule has 9 heteroatoms. The monoisotopic (exact) mass is 476 g/mol. The van der Waals surface area contributed by atoms with Crippen LogP contribution in [-0.2, 0) is 14.3 Å². The van der Waals surface area contributed by atoms with Crippen LogP contribution < -0.4 is 4.90 Å². The fourth-order valence-electron chi connectivity index (χ4n) is 3.62. The molecule has 2 aromatic carbocycles. The van der Waals surface area contributed by atoms with Gasteiger partial charge in [0.15, 0.2) is 16.7 Å². The standard InChI is InChI=1S/C25H20N2O6S/c1-14-22(24(32)33-2)34-25(26-14)27-20(16-9-11-17(28)12-10-16)19(21(30)23(27)31)18(29)13-8-15-6-4-3-5-7-15/h3-13,20,28,30H,1-2H3/b13-8+. The van der Waals surface area contributed by atoms with Gasteiger partial charge in [-0.3, -0.25) is 14.5 Å². The highest BCUT2D eigenvalue weighted by molar-refractivity contribution is 7.17. The number of ether oxygens (including phenoxy) is 1. The highest BCUT2D eigenvalue weighted by Crippen LogP contribution is 2.43. The number of methoxy groups -OCH3 is 1. The molecule has 2 N–H and O–H groups in total. The van der Waals surface area contributed by atoms with E-state index in [0.29, 0.717) is 11.3 Å². The third kappa shape index (κ3) is 4.20. The summed E-state index contributed by atoms with van der Waals surface area (Å²) < 4.78 is 4.78. The fourth-order valence-corrected chi connectivity index (χ4v) is 4.63. The van der Waals surface area contributed by atoms with Crippen LogP contribution in [0.15, 0.2) is 72.0 Å². The van der Waals surface area contributed by atoms with E-state index in [9.17, 15) is 24.6 Å². The second kappa shape index (κ2) is 9.32. The number of benzene rings is 2. The van der Waals surface area contributed by atoms with Crippen LogP contribution in [0.4, 0.5) is 5.13 Å². The quantitative estimate of drug-likeness (QED) is 0.406. The maximum absolute atomic E-state index is 13.2. The van der Waals surface area contributed by atoms with Gasteiger partial charge < -0.3 is 14.9 Å². The molecule has 0 radical (unpaired) electrons. The Hall–Kier alpha value is -4.24. The van der Waals surface area contributed by atoms with Crippen LogP contribution in [0.5, 0.6) is 5.75 Å². The second-order valence-electron chi connectivity index (χ2n) is 7.44. The molecule has 2 heterocycles. The van der Waals surface area contributed by atoms with Gasteiger partial charge >= 0.3 is 5.97 Å². The number of hydrogen-bond donors (Lipinski definition) is 2. The molecule has 0 aliphatic carbocycles. The minimum absolute atomic E-state index is 0.00254. The Morgan fingerprint density at radius 2 is 1.76 bits per heavy atom. The number of ketones is 1. The lowest BCUT2D eigenvalue weighted by molar-refractivity contribution is -0.117. The van der Waals surface area contributed by atoms with Crippen LogP contribution >= 0.6 is 11.3 Å². The summed E-state index contributed by atoms with van der Waals surface area (Å²) in [6, 6.07) is 14.0. The van der Waals surface area contributed by atoms with E-state index in [0.717, 1.165) is 16.9 Å². The maximum atomic E-state index is 13.2. The van der Waals surface area contributed by atoms with Gasteiger partial charge in [-0.2, -0.15) is 0 Å². The van der Waals surface area contributed by atoms with E-state index in [4.69, 9.17) is 4.74 Å². The van der Waals surface area contributed by atoms with E-state index >= 15 is 0 Å². The summed E-state index contributed by atoms with van der Waals surface area (Å²) in [5, 5.41) is 20.6. The zero-order chi connectivity index (χ0) is 24.4. The Bertz CT molecular complexity index is 1330. The molecule has 0 fully saturated rings. The minimum Gasteiger partial charge on any atom is -0.508 e. The average molecular weight is 477 g/mol. The molecule has 1 aliphatic rings. The Morgan fingerprint density at radius 1 is 1.09 bits per heavy atom. The van der Waals surface area contributed by atoms with Crippen molar-refractivity contribution in [3.63, 3.8) is 0 Å². The predicted octanol–water partition coefficient (Wildman–Crippen LogP) is 4.13. The third-order valence-corrected chi connectivity index (χ3v) is 6.41. The number of allylic oxidation sites excluding steroid dienone is 1. The van der Waals surface area contributed by atoms with Crippen molar-refractivity contribution in [2.75, 3.05) is 12.0 Å². The normalized spacial score (nSPS) is 15.9. The largest absolute Gasteiger partial charge is 0.508 e. The fraction of sp³-hybridized carbons (Fsp3) is 0.120. The zero-order valence-electron chi connectivity index (χ0n) is 18.3. The van der Waals surface area contributed by atoms with Crippen LogP contribution in [0, 0.1) is 6.92 Å². The van der Waals surface area contributed by atoms with E-state index in [2.05, 4.69) is 4.98 Å². The first-order valence-electron chi connectivity index (χ1n) is 10.2. The Labute approximate surface area is 199 Å². The summed E-state index contributed by atoms with van der Waals surface area (Å²) in [6.45, 7) is 1.60. The van der Waals surface area contributed by atoms with Crippen molar-refractivity contribution in [1.82, 2.24) is 4.98 Å². The topological polar surface area (TPSA) is 117 Å². The predicted molar refractivity (Wildman–Crippen MR) is 127 cm³/mol. The molecule has 0 saturated carbocycles. The van der Waals surface area contributed by atoms with Crippen molar-refractivity contribution in [2.24, 2.45) is 0 Å². The Morgan fingerprint density at radius 3 is 2.41 bits per heavy atom. The van der Waals surface area contributed by atoms with Crippen molar-refractivity contribution >= 4 is 40.2 Å². The van der Waals surface area contributed by atoms with Gasteiger partial charge in [0.1, 0.15) is 10.6 Å². The number of aromatic nitrogens is 1. The summed E-state index contributed by atoms with van der Waals surface area (Å²) in [4.78, 5) is 44.2. The second-order valence-corrected chi connectivity index (χ2v) is 8.42. The lowest BCUT2D eigenvalue weighted by Crippen LogP contribution is -2.30. The number of carbonyl (C=O) groups excluding carboxylic acids is 3. The summed E-state index contributed by atoms with van der Waals surface area (Å²) in [5.41, 5.74) is 1.47. The molecule has 1 amide bonds. The van der Waals surface area contributed by atoms with Crippen LogP contribution in [-0.4, -0.2) is 40.0 Å². The number of nitrogens with zero attached hydrogens (tertiary/aromatic N) is 2. The summed E-state index contributed by atoms with van der Waals surface area (Å²) in [7, 11) is 1.24. The number of rotatable bonds is 6. The van der Waals surface area contributed by atoms with Crippen LogP contribution in [0.2, 0.25) is 0 Å². The van der Waals surface area contributed by atoms with Gasteiger partial charge in [0.2, 0.25) is 0 Å². The highest BCUT2D eigenvalue weighted by atomic mass is 32.1. The van der Waals surface area contributed by atoms with Crippen molar-refractivity contribution in [3.8, 4) is 5.75 Å². The first kappa shape index (κ1) is 22.9. The molecule has 172 valence electrons. The van der Waals surface area contributed by atoms with Gasteiger partial charge in [-0.25, -0.2) is 9.78 Å². The van der Waals surface area contributed by atoms with Crippen molar-refractivity contribution in [1.29, 1.82) is 0 Å². The number of aliphatic hydroxyl groups excluding tert-OH is 1. The van der Waals surface area contributed by atoms with E-state index in [1.807, 2.05) is 30.3 Å². The number of carbonyl (C=O) groups is 3. The molecule has 1 aliphatic heterocycles. The van der Waals surface area contributed by atoms with Gasteiger partial charge in [-0.05, 0) is 36.3 Å². The number of thiazole rings is 1. The van der Waals surface area contributed by atoms with E-state index in [1.54, 1.807) is 25.1 Å². The van der Waals surface area contributed by atoms with Crippen molar-refractivity contribution in [2.45, 2.75) is 13.0 Å². The molecule has 8 nitrogen and oxygen atoms in total. The van der Waals surface area contributed by atoms with Gasteiger partial charge in [0.05, 0.1) is 24.4 Å². The van der Waals surface area contributed by atoms with Crippen LogP contribution in [0.25, 0.3) is 6.08 Å². The van der Waals surface area contributed by atoms with Gasteiger partial charge in [0, 0.05) is 0 Å². The summed E-state index contributed by atoms with van der Waals surface area (Å²) in [5.74, 6) is -2.68. The number of anilines is 1. The molecular weight excluding hydrogens is 456 g/mol. The smallest absolute Gasteiger partial charge is 0.350 e. The first-order chi connectivity index (χ1) is 16.3. The van der Waals surface area contributed by atoms with Gasteiger partial charge in [-0.1, -0.05) is 59.9 Å². The molecule has 0 spiro atoms. The number of phenols is 1. The van der Waals surface area contributed by atoms with Crippen LogP contribution in [0.1, 0.15) is 32.5 Å². The minimum atomic E-state index is -1.02. The molecule has 0 bridgehead atoms. The number of aryl methyl sites for hydroxylation is 1. The zero-order valence-corrected chi connectivity index (χ0v) is 19.1. The molecule has 1 atom stereocenters. The molecule has 1 aromatic heterocycles. The van der Waals surface area contributed by atoms with E-state index in [1.165, 1.54) is 30.2 Å². The number of phenolic OH excluding ortho intramolecular Hbond substituents is 1. The highest BCUT2D eigenvalue weighted by Gasteiger charge is 2.45. The molecule has 34 heavy (non-hydrogen) atoms. The Balaban J connectivity index is 1.80.